The van der Waals surface area contributed by atoms with E-state index in [1.54, 1.807) is 16.9 Å². The maximum Gasteiger partial charge on any atom is 0.356 e. The number of aromatic nitrogens is 2. The Morgan fingerprint density at radius 3 is 3.17 bits per heavy atom. The number of hydrogen-bond acceptors (Lipinski definition) is 3. The van der Waals surface area contributed by atoms with Gasteiger partial charge in [-0.1, -0.05) is 15.9 Å². The predicted octanol–water partition coefficient (Wildman–Crippen LogP) is 1.06. The fourth-order valence-electron chi connectivity index (χ4n) is 0.869. The summed E-state index contributed by atoms with van der Waals surface area (Å²) in [6.07, 6.45) is 1.58. The molecule has 1 heterocycles. The molecule has 1 rings (SSSR count). The summed E-state index contributed by atoms with van der Waals surface area (Å²) < 4.78 is 6.16. The van der Waals surface area contributed by atoms with Gasteiger partial charge in [0, 0.05) is 11.5 Å². The third-order valence-electron chi connectivity index (χ3n) is 1.41. The molecule has 66 valence electrons. The van der Waals surface area contributed by atoms with Gasteiger partial charge in [-0.25, -0.2) is 4.79 Å². The first-order valence-electron chi connectivity index (χ1n) is 3.45. The first-order valence-corrected chi connectivity index (χ1v) is 4.58. The predicted molar refractivity (Wildman–Crippen MR) is 47.4 cm³/mol. The Balaban J connectivity index is 2.83. The van der Waals surface area contributed by atoms with Crippen molar-refractivity contribution in [3.05, 3.63) is 18.0 Å². The van der Waals surface area contributed by atoms with Gasteiger partial charge in [0.05, 0.1) is 13.7 Å². The lowest BCUT2D eigenvalue weighted by atomic mass is 10.4. The van der Waals surface area contributed by atoms with Crippen molar-refractivity contribution in [2.45, 2.75) is 6.54 Å². The van der Waals surface area contributed by atoms with E-state index in [-0.39, 0.29) is 5.97 Å². The fraction of sp³-hybridized carbons (Fsp3) is 0.429. The highest BCUT2D eigenvalue weighted by Gasteiger charge is 2.10. The summed E-state index contributed by atoms with van der Waals surface area (Å²) >= 11 is 3.26. The number of hydrogen-bond donors (Lipinski definition) is 0. The van der Waals surface area contributed by atoms with E-state index in [2.05, 4.69) is 25.8 Å². The van der Waals surface area contributed by atoms with E-state index in [0.717, 1.165) is 5.33 Å². The second kappa shape index (κ2) is 4.25. The van der Waals surface area contributed by atoms with Crippen LogP contribution in [0.5, 0.6) is 0 Å². The normalized spacial score (nSPS) is 9.83. The van der Waals surface area contributed by atoms with Crippen LogP contribution in [0.25, 0.3) is 0 Å². The lowest BCUT2D eigenvalue weighted by Gasteiger charge is -2.02. The molecular weight excluding hydrogens is 224 g/mol. The van der Waals surface area contributed by atoms with Crippen molar-refractivity contribution in [2.24, 2.45) is 0 Å². The number of methoxy groups -OCH3 is 1. The number of rotatable bonds is 3. The van der Waals surface area contributed by atoms with Crippen molar-refractivity contribution in [2.75, 3.05) is 12.4 Å². The second-order valence-corrected chi connectivity index (χ2v) is 2.91. The molecule has 0 aliphatic rings. The first-order chi connectivity index (χ1) is 5.79. The molecule has 0 radical (unpaired) electrons. The van der Waals surface area contributed by atoms with Gasteiger partial charge in [-0.3, -0.25) is 4.68 Å². The van der Waals surface area contributed by atoms with Gasteiger partial charge in [-0.05, 0) is 6.07 Å². The van der Waals surface area contributed by atoms with E-state index in [4.69, 9.17) is 0 Å². The van der Waals surface area contributed by atoms with Crippen LogP contribution in [0.15, 0.2) is 12.3 Å². The summed E-state index contributed by atoms with van der Waals surface area (Å²) in [5.41, 5.74) is 0.483. The van der Waals surface area contributed by atoms with Crippen LogP contribution >= 0.6 is 15.9 Å². The van der Waals surface area contributed by atoms with Crippen LogP contribution in [0.4, 0.5) is 0 Å². The molecule has 0 amide bonds. The average Bonchev–Trinajstić information content (AvgIpc) is 2.52. The van der Waals surface area contributed by atoms with Crippen molar-refractivity contribution in [3.8, 4) is 0 Å². The molecule has 1 aromatic heterocycles. The number of ether oxygens (including phenoxy) is 1. The second-order valence-electron chi connectivity index (χ2n) is 2.12. The van der Waals surface area contributed by atoms with E-state index < -0.39 is 0 Å². The molecule has 0 unspecified atom stereocenters. The molecule has 1 aromatic rings. The Morgan fingerprint density at radius 1 is 1.83 bits per heavy atom. The third-order valence-corrected chi connectivity index (χ3v) is 1.76. The monoisotopic (exact) mass is 232 g/mol. The molecule has 0 atom stereocenters. The maximum atomic E-state index is 11.1. The topological polar surface area (TPSA) is 44.1 Å². The average molecular weight is 233 g/mol. The number of halogens is 1. The quantitative estimate of drug-likeness (QED) is 0.579. The van der Waals surface area contributed by atoms with Crippen LogP contribution in [0.3, 0.4) is 0 Å². The zero-order chi connectivity index (χ0) is 8.97. The maximum absolute atomic E-state index is 11.1. The molecular formula is C7H9BrN2O2. The molecule has 0 aliphatic carbocycles. The van der Waals surface area contributed by atoms with Crippen LogP contribution in [0.2, 0.25) is 0 Å². The van der Waals surface area contributed by atoms with Crippen molar-refractivity contribution in [1.29, 1.82) is 0 Å². The molecule has 0 saturated heterocycles. The number of alkyl halides is 1. The van der Waals surface area contributed by atoms with Gasteiger partial charge >= 0.3 is 5.97 Å². The molecule has 0 saturated carbocycles. The lowest BCUT2D eigenvalue weighted by Crippen LogP contribution is -2.12. The van der Waals surface area contributed by atoms with Crippen molar-refractivity contribution < 1.29 is 9.53 Å². The first kappa shape index (κ1) is 9.25. The van der Waals surface area contributed by atoms with E-state index in [1.807, 2.05) is 0 Å². The van der Waals surface area contributed by atoms with Gasteiger partial charge in [0.15, 0.2) is 0 Å². The highest BCUT2D eigenvalue weighted by molar-refractivity contribution is 9.09. The lowest BCUT2D eigenvalue weighted by molar-refractivity contribution is 0.0587. The Bertz CT molecular complexity index is 272. The van der Waals surface area contributed by atoms with Crippen LogP contribution in [-0.4, -0.2) is 28.2 Å². The van der Waals surface area contributed by atoms with Crippen LogP contribution in [0, 0.1) is 0 Å². The van der Waals surface area contributed by atoms with E-state index >= 15 is 0 Å². The third kappa shape index (κ3) is 1.85. The number of nitrogens with zero attached hydrogens (tertiary/aromatic N) is 2. The smallest absolute Gasteiger partial charge is 0.356 e. The van der Waals surface area contributed by atoms with Crippen LogP contribution in [-0.2, 0) is 11.3 Å². The van der Waals surface area contributed by atoms with Crippen molar-refractivity contribution >= 4 is 21.9 Å². The minimum absolute atomic E-state index is 0.353. The summed E-state index contributed by atoms with van der Waals surface area (Å²) in [4.78, 5) is 11.1. The highest BCUT2D eigenvalue weighted by Crippen LogP contribution is 2.01. The molecule has 0 spiro atoms. The summed E-state index contributed by atoms with van der Waals surface area (Å²) in [6.45, 7) is 0.664. The van der Waals surface area contributed by atoms with Crippen LogP contribution < -0.4 is 0 Å². The van der Waals surface area contributed by atoms with Gasteiger partial charge in [0.2, 0.25) is 0 Å². The molecule has 0 bridgehead atoms. The number of carbonyl (C=O) groups is 1. The van der Waals surface area contributed by atoms with Gasteiger partial charge in [0.1, 0.15) is 5.69 Å². The summed E-state index contributed by atoms with van der Waals surface area (Å²) in [6, 6.07) is 1.63. The molecule has 12 heavy (non-hydrogen) atoms. The Labute approximate surface area is 78.6 Å². The summed E-state index contributed by atoms with van der Waals surface area (Å²) in [5, 5.41) is 4.72. The van der Waals surface area contributed by atoms with Crippen molar-refractivity contribution in [3.63, 3.8) is 0 Å². The number of aryl methyl sites for hydroxylation is 1. The molecule has 4 nitrogen and oxygen atoms in total. The minimum atomic E-state index is -0.353. The van der Waals surface area contributed by atoms with E-state index in [9.17, 15) is 4.79 Å². The largest absolute Gasteiger partial charge is 0.464 e. The zero-order valence-electron chi connectivity index (χ0n) is 6.66. The molecule has 0 N–H and O–H groups in total. The van der Waals surface area contributed by atoms with Gasteiger partial charge in [0.25, 0.3) is 0 Å². The SMILES string of the molecule is COC(=O)c1ccnn1CCBr. The van der Waals surface area contributed by atoms with Crippen LogP contribution in [0.1, 0.15) is 10.5 Å². The Hall–Kier alpha value is -0.840. The highest BCUT2D eigenvalue weighted by atomic mass is 79.9. The zero-order valence-corrected chi connectivity index (χ0v) is 8.24. The molecule has 0 aliphatic heterocycles. The van der Waals surface area contributed by atoms with Gasteiger partial charge in [-0.2, -0.15) is 5.10 Å². The van der Waals surface area contributed by atoms with Gasteiger partial charge in [-0.15, -0.1) is 0 Å². The Morgan fingerprint density at radius 2 is 2.58 bits per heavy atom. The van der Waals surface area contributed by atoms with Gasteiger partial charge < -0.3 is 4.74 Å². The number of esters is 1. The number of carbonyl (C=O) groups excluding carboxylic acids is 1. The van der Waals surface area contributed by atoms with E-state index in [0.29, 0.717) is 12.2 Å². The molecule has 5 heteroatoms. The molecule has 0 fully saturated rings. The summed E-state index contributed by atoms with van der Waals surface area (Å²) in [5.74, 6) is -0.353. The molecule has 0 aromatic carbocycles. The van der Waals surface area contributed by atoms with Crippen molar-refractivity contribution in [1.82, 2.24) is 9.78 Å². The minimum Gasteiger partial charge on any atom is -0.464 e. The Kier molecular flexibility index (Phi) is 3.28. The fourth-order valence-corrected chi connectivity index (χ4v) is 1.20. The standard InChI is InChI=1S/C7H9BrN2O2/c1-12-7(11)6-2-4-9-10(6)5-3-8/h2,4H,3,5H2,1H3. The van der Waals surface area contributed by atoms with E-state index in [1.165, 1.54) is 7.11 Å². The summed E-state index contributed by atoms with van der Waals surface area (Å²) in [7, 11) is 1.35.